The summed E-state index contributed by atoms with van der Waals surface area (Å²) in [6, 6.07) is 13.2. The summed E-state index contributed by atoms with van der Waals surface area (Å²) in [7, 11) is 0. The van der Waals surface area contributed by atoms with Gasteiger partial charge >= 0.3 is 0 Å². The van der Waals surface area contributed by atoms with Gasteiger partial charge in [-0.25, -0.2) is 0 Å². The molecule has 0 aliphatic heterocycles. The SMILES string of the molecule is c1cc(CC2(Cc3ccncc3)c3ccsc3-c3sccc32)ccn1. The lowest BCUT2D eigenvalue weighted by molar-refractivity contribution is 0.521. The zero-order chi connectivity index (χ0) is 16.7. The first-order valence-electron chi connectivity index (χ1n) is 8.31. The molecule has 4 heterocycles. The summed E-state index contributed by atoms with van der Waals surface area (Å²) >= 11 is 3.74. The smallest absolute Gasteiger partial charge is 0.0486 e. The van der Waals surface area contributed by atoms with Crippen LogP contribution in [-0.4, -0.2) is 9.97 Å². The van der Waals surface area contributed by atoms with Crippen molar-refractivity contribution in [2.75, 3.05) is 0 Å². The molecule has 0 N–H and O–H groups in total. The van der Waals surface area contributed by atoms with E-state index in [1.165, 1.54) is 32.0 Å². The van der Waals surface area contributed by atoms with E-state index < -0.39 is 0 Å². The van der Waals surface area contributed by atoms with Crippen LogP contribution >= 0.6 is 22.7 Å². The van der Waals surface area contributed by atoms with Gasteiger partial charge in [-0.2, -0.15) is 0 Å². The van der Waals surface area contributed by atoms with E-state index in [9.17, 15) is 0 Å². The molecule has 1 aliphatic carbocycles. The number of nitrogens with zero attached hydrogens (tertiary/aromatic N) is 2. The van der Waals surface area contributed by atoms with E-state index in [1.54, 1.807) is 0 Å². The Morgan fingerprint density at radius 2 is 1.08 bits per heavy atom. The molecule has 0 atom stereocenters. The number of pyridine rings is 2. The number of thiophene rings is 2. The van der Waals surface area contributed by atoms with Crippen LogP contribution in [0.5, 0.6) is 0 Å². The third-order valence-corrected chi connectivity index (χ3v) is 7.07. The molecule has 25 heavy (non-hydrogen) atoms. The standard InChI is InChI=1S/C21H16N2S2/c1-7-22-8-2-15(1)13-21(14-16-3-9-23-10-4-16)17-5-11-24-19(17)20-18(21)6-12-25-20/h1-12H,13-14H2. The van der Waals surface area contributed by atoms with Crippen LogP contribution in [0.1, 0.15) is 22.3 Å². The van der Waals surface area contributed by atoms with Crippen molar-refractivity contribution in [3.63, 3.8) is 0 Å². The van der Waals surface area contributed by atoms with Crippen LogP contribution in [0, 0.1) is 0 Å². The third-order valence-electron chi connectivity index (χ3n) is 5.08. The predicted octanol–water partition coefficient (Wildman–Crippen LogP) is 5.35. The zero-order valence-corrected chi connectivity index (χ0v) is 15.2. The first kappa shape index (κ1) is 15.0. The van der Waals surface area contributed by atoms with E-state index in [0.29, 0.717) is 0 Å². The van der Waals surface area contributed by atoms with Crippen LogP contribution in [0.3, 0.4) is 0 Å². The molecule has 4 aromatic heterocycles. The van der Waals surface area contributed by atoms with Crippen molar-refractivity contribution in [2.24, 2.45) is 0 Å². The van der Waals surface area contributed by atoms with Crippen LogP contribution in [0.15, 0.2) is 71.9 Å². The molecule has 0 fully saturated rings. The van der Waals surface area contributed by atoms with E-state index in [0.717, 1.165) is 12.8 Å². The van der Waals surface area contributed by atoms with Crippen LogP contribution in [0.25, 0.3) is 9.75 Å². The molecule has 4 heteroatoms. The Hall–Kier alpha value is -2.30. The Morgan fingerprint density at radius 3 is 1.52 bits per heavy atom. The number of aromatic nitrogens is 2. The van der Waals surface area contributed by atoms with Gasteiger partial charge in [0.05, 0.1) is 0 Å². The number of fused-ring (bicyclic) bond motifs is 3. The first-order valence-corrected chi connectivity index (χ1v) is 10.1. The highest BCUT2D eigenvalue weighted by Gasteiger charge is 2.44. The molecule has 122 valence electrons. The molecule has 0 amide bonds. The highest BCUT2D eigenvalue weighted by Crippen LogP contribution is 2.56. The van der Waals surface area contributed by atoms with Gasteiger partial charge in [-0.15, -0.1) is 22.7 Å². The maximum atomic E-state index is 4.19. The molecular weight excluding hydrogens is 344 g/mol. The molecule has 0 aromatic carbocycles. The average Bonchev–Trinajstić information content (AvgIpc) is 3.35. The zero-order valence-electron chi connectivity index (χ0n) is 13.6. The van der Waals surface area contributed by atoms with Crippen molar-refractivity contribution in [2.45, 2.75) is 18.3 Å². The normalized spacial score (nSPS) is 14.2. The molecule has 0 radical (unpaired) electrons. The third kappa shape index (κ3) is 2.36. The van der Waals surface area contributed by atoms with Gasteiger partial charge < -0.3 is 0 Å². The van der Waals surface area contributed by atoms with Crippen molar-refractivity contribution in [1.82, 2.24) is 9.97 Å². The van der Waals surface area contributed by atoms with E-state index in [2.05, 4.69) is 57.1 Å². The van der Waals surface area contributed by atoms with Crippen LogP contribution in [0.4, 0.5) is 0 Å². The van der Waals surface area contributed by atoms with Gasteiger partial charge in [0.2, 0.25) is 0 Å². The second-order valence-electron chi connectivity index (χ2n) is 6.47. The Morgan fingerprint density at radius 1 is 0.640 bits per heavy atom. The molecule has 5 rings (SSSR count). The minimum absolute atomic E-state index is 0.00657. The summed E-state index contributed by atoms with van der Waals surface area (Å²) in [5, 5.41) is 4.47. The van der Waals surface area contributed by atoms with Gasteiger partial charge in [0.15, 0.2) is 0 Å². The second-order valence-corrected chi connectivity index (χ2v) is 8.31. The molecule has 0 unspecified atom stereocenters. The highest BCUT2D eigenvalue weighted by atomic mass is 32.1. The molecular formula is C21H16N2S2. The van der Waals surface area contributed by atoms with Crippen LogP contribution in [-0.2, 0) is 18.3 Å². The summed E-state index contributed by atoms with van der Waals surface area (Å²) in [6.07, 6.45) is 9.57. The summed E-state index contributed by atoms with van der Waals surface area (Å²) in [4.78, 5) is 11.3. The molecule has 0 saturated carbocycles. The molecule has 0 saturated heterocycles. The van der Waals surface area contributed by atoms with Crippen molar-refractivity contribution >= 4 is 22.7 Å². The lowest BCUT2D eigenvalue weighted by Gasteiger charge is -2.31. The summed E-state index contributed by atoms with van der Waals surface area (Å²) < 4.78 is 0. The minimum atomic E-state index is -0.00657. The Kier molecular flexibility index (Phi) is 3.54. The fraction of sp³-hybridized carbons (Fsp3) is 0.143. The average molecular weight is 361 g/mol. The van der Waals surface area contributed by atoms with E-state index in [4.69, 9.17) is 0 Å². The van der Waals surface area contributed by atoms with Gasteiger partial charge in [-0.3, -0.25) is 9.97 Å². The van der Waals surface area contributed by atoms with Gasteiger partial charge in [0.1, 0.15) is 0 Å². The topological polar surface area (TPSA) is 25.8 Å². The molecule has 0 bridgehead atoms. The van der Waals surface area contributed by atoms with Gasteiger partial charge in [0.25, 0.3) is 0 Å². The number of hydrogen-bond acceptors (Lipinski definition) is 4. The predicted molar refractivity (Wildman–Crippen MR) is 104 cm³/mol. The Labute approximate surface area is 154 Å². The van der Waals surface area contributed by atoms with Gasteiger partial charge in [-0.1, -0.05) is 0 Å². The van der Waals surface area contributed by atoms with Crippen molar-refractivity contribution in [1.29, 1.82) is 0 Å². The highest BCUT2D eigenvalue weighted by molar-refractivity contribution is 7.21. The summed E-state index contributed by atoms with van der Waals surface area (Å²) in [5.74, 6) is 0. The minimum Gasteiger partial charge on any atom is -0.265 e. The monoisotopic (exact) mass is 360 g/mol. The van der Waals surface area contributed by atoms with Crippen LogP contribution in [0.2, 0.25) is 0 Å². The van der Waals surface area contributed by atoms with Crippen molar-refractivity contribution < 1.29 is 0 Å². The fourth-order valence-electron chi connectivity index (χ4n) is 4.01. The first-order chi connectivity index (χ1) is 12.4. The molecule has 4 aromatic rings. The Bertz CT molecular complexity index is 919. The van der Waals surface area contributed by atoms with Crippen molar-refractivity contribution in [3.05, 3.63) is 94.2 Å². The van der Waals surface area contributed by atoms with Crippen LogP contribution < -0.4 is 0 Å². The number of hydrogen-bond donors (Lipinski definition) is 0. The Balaban J connectivity index is 1.70. The largest absolute Gasteiger partial charge is 0.265 e. The van der Waals surface area contributed by atoms with Gasteiger partial charge in [0, 0.05) is 40.0 Å². The quantitative estimate of drug-likeness (QED) is 0.490. The maximum absolute atomic E-state index is 4.19. The van der Waals surface area contributed by atoms with E-state index >= 15 is 0 Å². The second kappa shape index (κ2) is 5.90. The molecule has 0 spiro atoms. The lowest BCUT2D eigenvalue weighted by atomic mass is 9.71. The molecule has 1 aliphatic rings. The maximum Gasteiger partial charge on any atom is 0.0486 e. The lowest BCUT2D eigenvalue weighted by Crippen LogP contribution is -2.30. The van der Waals surface area contributed by atoms with E-state index in [1.807, 2.05) is 47.5 Å². The number of rotatable bonds is 4. The van der Waals surface area contributed by atoms with Crippen molar-refractivity contribution in [3.8, 4) is 9.75 Å². The van der Waals surface area contributed by atoms with E-state index in [-0.39, 0.29) is 5.41 Å². The van der Waals surface area contributed by atoms with Gasteiger partial charge in [-0.05, 0) is 82.3 Å². The summed E-state index contributed by atoms with van der Waals surface area (Å²) in [5.41, 5.74) is 5.62. The molecule has 2 nitrogen and oxygen atoms in total. The fourth-order valence-corrected chi connectivity index (χ4v) is 6.19. The summed E-state index contributed by atoms with van der Waals surface area (Å²) in [6.45, 7) is 0.